The molecule has 3 aromatic rings. The largest absolute Gasteiger partial charge is 0.493 e. The first-order valence-corrected chi connectivity index (χ1v) is 10.5. The Morgan fingerprint density at radius 3 is 2.19 bits per heavy atom. The molecule has 7 heteroatoms. The number of benzene rings is 2. The van der Waals surface area contributed by atoms with Crippen molar-refractivity contribution in [1.29, 1.82) is 0 Å². The van der Waals surface area contributed by atoms with Crippen LogP contribution in [0.4, 0.5) is 5.82 Å². The van der Waals surface area contributed by atoms with Gasteiger partial charge in [0.05, 0.1) is 26.2 Å². The molecule has 2 heterocycles. The van der Waals surface area contributed by atoms with Crippen molar-refractivity contribution in [2.45, 2.75) is 5.37 Å². The van der Waals surface area contributed by atoms with Gasteiger partial charge in [0.15, 0.2) is 11.5 Å². The van der Waals surface area contributed by atoms with E-state index in [0.717, 1.165) is 11.1 Å². The standard InChI is InChI=1S/C24H22N2O4S/c1-28-18-14-17(15-19(29-2)22(18)30-3)24-26(21-11-7-8-12-25-21)23(27)20(31-24)13-16-9-5-4-6-10-16/h4-15,24H,1-3H3/b20-13+. The molecule has 1 saturated heterocycles. The zero-order valence-electron chi connectivity index (χ0n) is 17.4. The highest BCUT2D eigenvalue weighted by atomic mass is 32.2. The maximum Gasteiger partial charge on any atom is 0.267 e. The van der Waals surface area contributed by atoms with E-state index in [4.69, 9.17) is 14.2 Å². The third-order valence-electron chi connectivity index (χ3n) is 4.87. The van der Waals surface area contributed by atoms with Gasteiger partial charge in [0.1, 0.15) is 11.2 Å². The highest BCUT2D eigenvalue weighted by molar-refractivity contribution is 8.05. The number of carbonyl (C=O) groups is 1. The molecule has 0 saturated carbocycles. The van der Waals surface area contributed by atoms with Crippen LogP contribution in [0, 0.1) is 0 Å². The number of hydrogen-bond donors (Lipinski definition) is 0. The maximum atomic E-state index is 13.4. The Kier molecular flexibility index (Phi) is 6.13. The van der Waals surface area contributed by atoms with Crippen molar-refractivity contribution in [3.63, 3.8) is 0 Å². The van der Waals surface area contributed by atoms with Crippen LogP contribution in [0.25, 0.3) is 6.08 Å². The van der Waals surface area contributed by atoms with Gasteiger partial charge in [-0.1, -0.05) is 48.2 Å². The summed E-state index contributed by atoms with van der Waals surface area (Å²) < 4.78 is 16.5. The van der Waals surface area contributed by atoms with Crippen LogP contribution in [-0.4, -0.2) is 32.2 Å². The lowest BCUT2D eigenvalue weighted by atomic mass is 10.1. The molecule has 2 aromatic carbocycles. The molecule has 0 aliphatic carbocycles. The van der Waals surface area contributed by atoms with Gasteiger partial charge in [0.25, 0.3) is 5.91 Å². The van der Waals surface area contributed by atoms with Crippen molar-refractivity contribution in [1.82, 2.24) is 4.98 Å². The molecule has 1 aliphatic heterocycles. The molecule has 0 bridgehead atoms. The summed E-state index contributed by atoms with van der Waals surface area (Å²) in [6.07, 6.45) is 3.58. The fraction of sp³-hybridized carbons (Fsp3) is 0.167. The third-order valence-corrected chi connectivity index (χ3v) is 6.12. The lowest BCUT2D eigenvalue weighted by Crippen LogP contribution is -2.28. The van der Waals surface area contributed by atoms with Gasteiger partial charge in [-0.2, -0.15) is 0 Å². The quantitative estimate of drug-likeness (QED) is 0.513. The van der Waals surface area contributed by atoms with Crippen LogP contribution in [0.2, 0.25) is 0 Å². The van der Waals surface area contributed by atoms with Gasteiger partial charge in [-0.3, -0.25) is 9.69 Å². The maximum absolute atomic E-state index is 13.4. The summed E-state index contributed by atoms with van der Waals surface area (Å²) in [6, 6.07) is 19.0. The Labute approximate surface area is 185 Å². The van der Waals surface area contributed by atoms with E-state index in [1.807, 2.05) is 66.7 Å². The lowest BCUT2D eigenvalue weighted by Gasteiger charge is -2.24. The number of nitrogens with zero attached hydrogens (tertiary/aromatic N) is 2. The van der Waals surface area contributed by atoms with Gasteiger partial charge in [-0.15, -0.1) is 0 Å². The minimum atomic E-state index is -0.342. The van der Waals surface area contributed by atoms with Crippen LogP contribution < -0.4 is 19.1 Å². The molecule has 1 atom stereocenters. The van der Waals surface area contributed by atoms with Crippen LogP contribution >= 0.6 is 11.8 Å². The summed E-state index contributed by atoms with van der Waals surface area (Å²) in [5.41, 5.74) is 1.81. The number of thioether (sulfide) groups is 1. The smallest absolute Gasteiger partial charge is 0.267 e. The van der Waals surface area contributed by atoms with Gasteiger partial charge in [-0.05, 0) is 41.5 Å². The van der Waals surface area contributed by atoms with Crippen molar-refractivity contribution < 1.29 is 19.0 Å². The number of rotatable bonds is 6. The first-order chi connectivity index (χ1) is 15.2. The van der Waals surface area contributed by atoms with Crippen LogP contribution in [0.1, 0.15) is 16.5 Å². The zero-order valence-corrected chi connectivity index (χ0v) is 18.3. The third kappa shape index (κ3) is 4.09. The molecule has 4 rings (SSSR count). The van der Waals surface area contributed by atoms with Crippen molar-refractivity contribution in [2.75, 3.05) is 26.2 Å². The van der Waals surface area contributed by atoms with Gasteiger partial charge in [-0.25, -0.2) is 4.98 Å². The van der Waals surface area contributed by atoms with Gasteiger partial charge < -0.3 is 14.2 Å². The number of pyridine rings is 1. The van der Waals surface area contributed by atoms with E-state index >= 15 is 0 Å². The molecule has 1 amide bonds. The Hall–Kier alpha value is -3.45. The molecule has 6 nitrogen and oxygen atoms in total. The number of anilines is 1. The number of aromatic nitrogens is 1. The average Bonchev–Trinajstić information content (AvgIpc) is 3.15. The molecule has 1 unspecified atom stereocenters. The van der Waals surface area contributed by atoms with E-state index in [0.29, 0.717) is 28.0 Å². The number of amides is 1. The van der Waals surface area contributed by atoms with Gasteiger partial charge in [0.2, 0.25) is 5.75 Å². The molecule has 31 heavy (non-hydrogen) atoms. The van der Waals surface area contributed by atoms with Gasteiger partial charge in [0, 0.05) is 6.20 Å². The number of carbonyl (C=O) groups excluding carboxylic acids is 1. The average molecular weight is 435 g/mol. The predicted octanol–water partition coefficient (Wildman–Crippen LogP) is 4.93. The fourth-order valence-corrected chi connectivity index (χ4v) is 4.65. The second-order valence-corrected chi connectivity index (χ2v) is 7.83. The molecule has 1 aliphatic rings. The summed E-state index contributed by atoms with van der Waals surface area (Å²) in [5.74, 6) is 2.05. The van der Waals surface area contributed by atoms with E-state index in [-0.39, 0.29) is 11.3 Å². The van der Waals surface area contributed by atoms with Crippen LogP contribution in [-0.2, 0) is 4.79 Å². The minimum Gasteiger partial charge on any atom is -0.493 e. The molecule has 1 aromatic heterocycles. The van der Waals surface area contributed by atoms with Gasteiger partial charge >= 0.3 is 0 Å². The van der Waals surface area contributed by atoms with Crippen LogP contribution in [0.5, 0.6) is 17.2 Å². The molecular weight excluding hydrogens is 412 g/mol. The van der Waals surface area contributed by atoms with E-state index in [2.05, 4.69) is 4.98 Å². The predicted molar refractivity (Wildman–Crippen MR) is 123 cm³/mol. The summed E-state index contributed by atoms with van der Waals surface area (Å²) in [6.45, 7) is 0. The normalized spacial score (nSPS) is 17.1. The first kappa shape index (κ1) is 20.8. The van der Waals surface area contributed by atoms with Crippen LogP contribution in [0.3, 0.4) is 0 Å². The number of methoxy groups -OCH3 is 3. The molecule has 1 fully saturated rings. The summed E-state index contributed by atoms with van der Waals surface area (Å²) in [4.78, 5) is 20.2. The second-order valence-electron chi connectivity index (χ2n) is 6.71. The SMILES string of the molecule is COc1cc(C2S/C(=C/c3ccccc3)C(=O)N2c2ccccn2)cc(OC)c1OC. The number of hydrogen-bond acceptors (Lipinski definition) is 6. The lowest BCUT2D eigenvalue weighted by molar-refractivity contribution is -0.114. The monoisotopic (exact) mass is 434 g/mol. The second kappa shape index (κ2) is 9.14. The molecule has 0 spiro atoms. The molecule has 158 valence electrons. The van der Waals surface area contributed by atoms with E-state index in [1.165, 1.54) is 11.8 Å². The van der Waals surface area contributed by atoms with Crippen LogP contribution in [0.15, 0.2) is 71.8 Å². The molecular formula is C24H22N2O4S. The first-order valence-electron chi connectivity index (χ1n) is 9.64. The zero-order chi connectivity index (χ0) is 21.8. The molecule has 0 radical (unpaired) electrons. The highest BCUT2D eigenvalue weighted by Crippen LogP contribution is 2.50. The topological polar surface area (TPSA) is 60.9 Å². The van der Waals surface area contributed by atoms with Crippen molar-refractivity contribution in [3.8, 4) is 17.2 Å². The Morgan fingerprint density at radius 2 is 1.61 bits per heavy atom. The Balaban J connectivity index is 1.83. The minimum absolute atomic E-state index is 0.105. The van der Waals surface area contributed by atoms with E-state index in [1.54, 1.807) is 32.4 Å². The fourth-order valence-electron chi connectivity index (χ4n) is 3.43. The van der Waals surface area contributed by atoms with E-state index in [9.17, 15) is 4.79 Å². The Morgan fingerprint density at radius 1 is 0.935 bits per heavy atom. The van der Waals surface area contributed by atoms with E-state index < -0.39 is 0 Å². The summed E-state index contributed by atoms with van der Waals surface area (Å²) in [7, 11) is 4.71. The highest BCUT2D eigenvalue weighted by Gasteiger charge is 2.39. The van der Waals surface area contributed by atoms with Crippen molar-refractivity contribution in [3.05, 3.63) is 82.9 Å². The summed E-state index contributed by atoms with van der Waals surface area (Å²) >= 11 is 1.47. The van der Waals surface area contributed by atoms with Crippen molar-refractivity contribution in [2.24, 2.45) is 0 Å². The molecule has 0 N–H and O–H groups in total. The van der Waals surface area contributed by atoms with Crippen molar-refractivity contribution >= 4 is 29.6 Å². The Bertz CT molecular complexity index is 1080. The summed E-state index contributed by atoms with van der Waals surface area (Å²) in [5, 5.41) is -0.342. The number of ether oxygens (including phenoxy) is 3.